The van der Waals surface area contributed by atoms with E-state index in [0.717, 1.165) is 0 Å². The highest BCUT2D eigenvalue weighted by Crippen LogP contribution is 2.22. The number of carbonyl (C=O) groups is 1. The third-order valence-corrected chi connectivity index (χ3v) is 2.46. The van der Waals surface area contributed by atoms with E-state index in [2.05, 4.69) is 11.6 Å². The zero-order chi connectivity index (χ0) is 12.1. The fourth-order valence-electron chi connectivity index (χ4n) is 1.18. The summed E-state index contributed by atoms with van der Waals surface area (Å²) in [5, 5.41) is 0.539. The molecule has 0 bridgehead atoms. The predicted molar refractivity (Wildman–Crippen MR) is 67.1 cm³/mol. The van der Waals surface area contributed by atoms with Crippen molar-refractivity contribution < 1.29 is 4.79 Å². The Bertz CT molecular complexity index is 387. The van der Waals surface area contributed by atoms with E-state index in [1.54, 1.807) is 25.3 Å². The lowest BCUT2D eigenvalue weighted by Crippen LogP contribution is -2.25. The molecule has 86 valence electrons. The Balaban J connectivity index is 2.82. The summed E-state index contributed by atoms with van der Waals surface area (Å²) in [4.78, 5) is 17.0. The van der Waals surface area contributed by atoms with Crippen molar-refractivity contribution >= 4 is 34.8 Å². The minimum absolute atomic E-state index is 0.0155. The van der Waals surface area contributed by atoms with E-state index in [-0.39, 0.29) is 16.2 Å². The minimum Gasteiger partial charge on any atom is -0.315 e. The molecule has 1 heterocycles. The summed E-state index contributed by atoms with van der Waals surface area (Å²) in [6, 6.07) is 3.19. The third-order valence-electron chi connectivity index (χ3n) is 2.07. The summed E-state index contributed by atoms with van der Waals surface area (Å²) in [5.41, 5.74) is 0.638. The second-order valence-electron chi connectivity index (χ2n) is 3.25. The molecule has 0 spiro atoms. The van der Waals surface area contributed by atoms with Crippen molar-refractivity contribution in [3.63, 3.8) is 0 Å². The van der Waals surface area contributed by atoms with Gasteiger partial charge in [0.25, 0.3) is 0 Å². The van der Waals surface area contributed by atoms with E-state index >= 15 is 0 Å². The average Bonchev–Trinajstić information content (AvgIpc) is 2.23. The van der Waals surface area contributed by atoms with E-state index in [9.17, 15) is 4.79 Å². The summed E-state index contributed by atoms with van der Waals surface area (Å²) in [6.07, 6.45) is 2.77. The van der Waals surface area contributed by atoms with Crippen LogP contribution in [0.5, 0.6) is 0 Å². The Morgan fingerprint density at radius 2 is 2.06 bits per heavy atom. The van der Waals surface area contributed by atoms with E-state index < -0.39 is 0 Å². The molecule has 0 fully saturated rings. The lowest BCUT2D eigenvalue weighted by Gasteiger charge is -2.17. The number of nitrogens with zero attached hydrogens (tertiary/aromatic N) is 2. The highest BCUT2D eigenvalue weighted by Gasteiger charge is 2.11. The molecule has 0 unspecified atom stereocenters. The Morgan fingerprint density at radius 3 is 2.56 bits per heavy atom. The molecule has 0 N–H and O–H groups in total. The van der Waals surface area contributed by atoms with E-state index in [0.29, 0.717) is 18.5 Å². The molecule has 0 radical (unpaired) electrons. The molecule has 0 saturated carbocycles. The third kappa shape index (κ3) is 3.51. The van der Waals surface area contributed by atoms with E-state index in [1.807, 2.05) is 0 Å². The molecule has 1 aromatic rings. The van der Waals surface area contributed by atoms with Crippen LogP contribution >= 0.6 is 23.2 Å². The molecule has 3 nitrogen and oxygen atoms in total. The Morgan fingerprint density at radius 1 is 1.50 bits per heavy atom. The fraction of sp³-hybridized carbons (Fsp3) is 0.273. The number of halogens is 2. The van der Waals surface area contributed by atoms with Crippen molar-refractivity contribution in [3.05, 3.63) is 35.1 Å². The maximum atomic E-state index is 11.7. The summed E-state index contributed by atoms with van der Waals surface area (Å²) in [5.74, 6) is -0.0155. The fourth-order valence-corrected chi connectivity index (χ4v) is 1.63. The molecule has 0 aromatic carbocycles. The number of hydrogen-bond donors (Lipinski definition) is 0. The number of amides is 1. The molecular formula is C11H12Cl2N2O. The zero-order valence-corrected chi connectivity index (χ0v) is 10.4. The van der Waals surface area contributed by atoms with Crippen LogP contribution in [0.25, 0.3) is 0 Å². The van der Waals surface area contributed by atoms with Gasteiger partial charge in [0.15, 0.2) is 0 Å². The van der Waals surface area contributed by atoms with Gasteiger partial charge >= 0.3 is 0 Å². The van der Waals surface area contributed by atoms with Crippen molar-refractivity contribution in [3.8, 4) is 0 Å². The quantitative estimate of drug-likeness (QED) is 0.613. The molecule has 0 aliphatic rings. The van der Waals surface area contributed by atoms with Gasteiger partial charge in [-0.1, -0.05) is 29.3 Å². The van der Waals surface area contributed by atoms with Crippen LogP contribution in [0.3, 0.4) is 0 Å². The molecule has 1 aromatic heterocycles. The van der Waals surface area contributed by atoms with Gasteiger partial charge in [-0.15, -0.1) is 6.58 Å². The molecule has 0 aliphatic carbocycles. The number of aromatic nitrogens is 1. The highest BCUT2D eigenvalue weighted by molar-refractivity contribution is 6.33. The van der Waals surface area contributed by atoms with Gasteiger partial charge in [0.05, 0.1) is 0 Å². The number of anilines is 1. The van der Waals surface area contributed by atoms with Gasteiger partial charge in [0, 0.05) is 19.2 Å². The lowest BCUT2D eigenvalue weighted by atomic mass is 10.2. The first-order chi connectivity index (χ1) is 7.54. The molecule has 16 heavy (non-hydrogen) atoms. The van der Waals surface area contributed by atoms with Crippen molar-refractivity contribution in [2.45, 2.75) is 12.8 Å². The van der Waals surface area contributed by atoms with E-state index in [1.165, 1.54) is 4.90 Å². The number of hydrogen-bond acceptors (Lipinski definition) is 2. The first-order valence-corrected chi connectivity index (χ1v) is 5.50. The SMILES string of the molecule is C=CCCC(=O)N(C)c1cc(Cl)nc(Cl)c1. The summed E-state index contributed by atoms with van der Waals surface area (Å²) < 4.78 is 0. The summed E-state index contributed by atoms with van der Waals surface area (Å²) in [6.45, 7) is 3.57. The van der Waals surface area contributed by atoms with Crippen molar-refractivity contribution in [1.29, 1.82) is 0 Å². The van der Waals surface area contributed by atoms with Crippen LogP contribution in [0, 0.1) is 0 Å². The lowest BCUT2D eigenvalue weighted by molar-refractivity contribution is -0.118. The van der Waals surface area contributed by atoms with Gasteiger partial charge in [0.2, 0.25) is 5.91 Å². The predicted octanol–water partition coefficient (Wildman–Crippen LogP) is 3.32. The summed E-state index contributed by atoms with van der Waals surface area (Å²) >= 11 is 11.5. The number of allylic oxidation sites excluding steroid dienone is 1. The molecule has 0 aliphatic heterocycles. The van der Waals surface area contributed by atoms with Crippen LogP contribution in [0.15, 0.2) is 24.8 Å². The van der Waals surface area contributed by atoms with Crippen LogP contribution in [0.4, 0.5) is 5.69 Å². The normalized spacial score (nSPS) is 9.94. The molecule has 0 saturated heterocycles. The van der Waals surface area contributed by atoms with Crippen molar-refractivity contribution in [2.24, 2.45) is 0 Å². The maximum absolute atomic E-state index is 11.7. The number of rotatable bonds is 4. The van der Waals surface area contributed by atoms with Crippen LogP contribution < -0.4 is 4.90 Å². The topological polar surface area (TPSA) is 33.2 Å². The van der Waals surface area contributed by atoms with E-state index in [4.69, 9.17) is 23.2 Å². The van der Waals surface area contributed by atoms with Gasteiger partial charge in [-0.25, -0.2) is 4.98 Å². The first-order valence-electron chi connectivity index (χ1n) is 4.75. The monoisotopic (exact) mass is 258 g/mol. The molecule has 1 amide bonds. The van der Waals surface area contributed by atoms with Crippen LogP contribution in [-0.4, -0.2) is 17.9 Å². The standard InChI is InChI=1S/C11H12Cl2N2O/c1-3-4-5-11(16)15(2)8-6-9(12)14-10(13)7-8/h3,6-7H,1,4-5H2,2H3. The van der Waals surface area contributed by atoms with Gasteiger partial charge < -0.3 is 4.90 Å². The Labute approximate surface area is 105 Å². The molecule has 5 heteroatoms. The zero-order valence-electron chi connectivity index (χ0n) is 8.91. The molecule has 1 rings (SSSR count). The van der Waals surface area contributed by atoms with Crippen molar-refractivity contribution in [1.82, 2.24) is 4.98 Å². The second-order valence-corrected chi connectivity index (χ2v) is 4.03. The van der Waals surface area contributed by atoms with Gasteiger partial charge in [0.1, 0.15) is 10.3 Å². The van der Waals surface area contributed by atoms with Crippen molar-refractivity contribution in [2.75, 3.05) is 11.9 Å². The van der Waals surface area contributed by atoms with Crippen LogP contribution in [0.1, 0.15) is 12.8 Å². The highest BCUT2D eigenvalue weighted by atomic mass is 35.5. The van der Waals surface area contributed by atoms with Gasteiger partial charge in [-0.05, 0) is 18.6 Å². The largest absolute Gasteiger partial charge is 0.315 e. The van der Waals surface area contributed by atoms with Gasteiger partial charge in [-0.3, -0.25) is 4.79 Å². The number of carbonyl (C=O) groups excluding carboxylic acids is 1. The summed E-state index contributed by atoms with van der Waals surface area (Å²) in [7, 11) is 1.67. The smallest absolute Gasteiger partial charge is 0.227 e. The van der Waals surface area contributed by atoms with Crippen LogP contribution in [-0.2, 0) is 4.79 Å². The maximum Gasteiger partial charge on any atom is 0.227 e. The first kappa shape index (κ1) is 13.0. The Hall–Kier alpha value is -1.06. The number of pyridine rings is 1. The Kier molecular flexibility index (Phi) is 4.77. The van der Waals surface area contributed by atoms with Gasteiger partial charge in [-0.2, -0.15) is 0 Å². The van der Waals surface area contributed by atoms with Crippen LogP contribution in [0.2, 0.25) is 10.3 Å². The molecular weight excluding hydrogens is 247 g/mol. The molecule has 0 atom stereocenters. The average molecular weight is 259 g/mol. The second kappa shape index (κ2) is 5.87. The minimum atomic E-state index is -0.0155.